The van der Waals surface area contributed by atoms with Gasteiger partial charge in [-0.25, -0.2) is 17.5 Å². The lowest BCUT2D eigenvalue weighted by molar-refractivity contribution is 0.162. The lowest BCUT2D eigenvalue weighted by atomic mass is 10.2. The smallest absolute Gasteiger partial charge is 0.240 e. The molecule has 0 amide bonds. The van der Waals surface area contributed by atoms with Crippen LogP contribution < -0.4 is 10.5 Å². The molecule has 8 heteroatoms. The van der Waals surface area contributed by atoms with Crippen molar-refractivity contribution in [2.45, 2.75) is 11.8 Å². The van der Waals surface area contributed by atoms with Crippen LogP contribution in [0, 0.1) is 12.7 Å². The normalized spacial score (nSPS) is 12.0. The van der Waals surface area contributed by atoms with Gasteiger partial charge in [0.2, 0.25) is 10.0 Å². The number of ether oxygens (including phenoxy) is 1. The molecule has 0 fully saturated rings. The number of nitrogen functional groups attached to an aromatic ring is 1. The molecule has 0 radical (unpaired) electrons. The van der Waals surface area contributed by atoms with Gasteiger partial charge in [-0.1, -0.05) is 0 Å². The van der Waals surface area contributed by atoms with Gasteiger partial charge in [0.25, 0.3) is 0 Å². The zero-order valence-electron chi connectivity index (χ0n) is 12.5. The third-order valence-corrected chi connectivity index (χ3v) is 4.57. The molecule has 1 aromatic rings. The monoisotopic (exact) mass is 319 g/mol. The first-order chi connectivity index (χ1) is 9.77. The highest BCUT2D eigenvalue weighted by Gasteiger charge is 2.17. The van der Waals surface area contributed by atoms with Gasteiger partial charge in [0.15, 0.2) is 0 Å². The predicted molar refractivity (Wildman–Crippen MR) is 80.1 cm³/mol. The fraction of sp³-hybridized carbons (Fsp3) is 0.538. The molecule has 3 N–H and O–H groups in total. The zero-order valence-corrected chi connectivity index (χ0v) is 13.3. The summed E-state index contributed by atoms with van der Waals surface area (Å²) in [6, 6.07) is 2.23. The quantitative estimate of drug-likeness (QED) is 0.685. The number of methoxy groups -OCH3 is 1. The number of nitrogens with two attached hydrogens (primary N) is 1. The Hall–Kier alpha value is -1.22. The van der Waals surface area contributed by atoms with E-state index in [1.165, 1.54) is 13.0 Å². The summed E-state index contributed by atoms with van der Waals surface area (Å²) in [7, 11) is -0.304. The van der Waals surface area contributed by atoms with Gasteiger partial charge >= 0.3 is 0 Å². The summed E-state index contributed by atoms with van der Waals surface area (Å²) < 4.78 is 45.1. The van der Waals surface area contributed by atoms with Gasteiger partial charge in [0, 0.05) is 38.0 Å². The molecule has 1 rings (SSSR count). The molecular formula is C13H22FN3O3S. The summed E-state index contributed by atoms with van der Waals surface area (Å²) in [5, 5.41) is 0. The van der Waals surface area contributed by atoms with Crippen molar-refractivity contribution < 1.29 is 17.5 Å². The highest BCUT2D eigenvalue weighted by molar-refractivity contribution is 7.89. The van der Waals surface area contributed by atoms with Crippen LogP contribution in [0.2, 0.25) is 0 Å². The number of nitrogens with zero attached hydrogens (tertiary/aromatic N) is 1. The Morgan fingerprint density at radius 1 is 1.38 bits per heavy atom. The molecule has 0 aliphatic rings. The Balaban J connectivity index is 2.66. The fourth-order valence-electron chi connectivity index (χ4n) is 1.64. The van der Waals surface area contributed by atoms with Crippen LogP contribution in [0.1, 0.15) is 5.56 Å². The number of hydrogen-bond donors (Lipinski definition) is 2. The molecular weight excluding hydrogens is 297 g/mol. The number of sulfonamides is 1. The van der Waals surface area contributed by atoms with Crippen LogP contribution >= 0.6 is 0 Å². The number of anilines is 1. The third-order valence-electron chi connectivity index (χ3n) is 3.13. The standard InChI is InChI=1S/C13H22FN3O3S/c1-10-12(14)8-11(9-13(10)15)21(18,19)16-4-5-17(2)6-7-20-3/h8-9,16H,4-7,15H2,1-3H3. The van der Waals surface area contributed by atoms with E-state index in [2.05, 4.69) is 4.72 Å². The van der Waals surface area contributed by atoms with Crippen molar-refractivity contribution in [2.75, 3.05) is 46.1 Å². The van der Waals surface area contributed by atoms with Gasteiger partial charge in [-0.3, -0.25) is 0 Å². The minimum Gasteiger partial charge on any atom is -0.398 e. The number of hydrogen-bond acceptors (Lipinski definition) is 5. The molecule has 0 spiro atoms. The maximum Gasteiger partial charge on any atom is 0.240 e. The first kappa shape index (κ1) is 17.8. The van der Waals surface area contributed by atoms with E-state index < -0.39 is 15.8 Å². The Bertz CT molecular complexity index is 555. The highest BCUT2D eigenvalue weighted by atomic mass is 32.2. The minimum atomic E-state index is -3.77. The van der Waals surface area contributed by atoms with Gasteiger partial charge in [-0.15, -0.1) is 0 Å². The lowest BCUT2D eigenvalue weighted by Crippen LogP contribution is -2.34. The minimum absolute atomic E-state index is 0.118. The van der Waals surface area contributed by atoms with Gasteiger partial charge in [-0.05, 0) is 26.1 Å². The largest absolute Gasteiger partial charge is 0.398 e. The molecule has 0 heterocycles. The topological polar surface area (TPSA) is 84.7 Å². The van der Waals surface area contributed by atoms with Gasteiger partial charge in [0.05, 0.1) is 11.5 Å². The van der Waals surface area contributed by atoms with E-state index >= 15 is 0 Å². The van der Waals surface area contributed by atoms with Crippen LogP contribution in [0.4, 0.5) is 10.1 Å². The Morgan fingerprint density at radius 3 is 2.62 bits per heavy atom. The van der Waals surface area contributed by atoms with Crippen molar-refractivity contribution in [1.29, 1.82) is 0 Å². The number of likely N-dealkylation sites (N-methyl/N-ethyl adjacent to an activating group) is 1. The second-order valence-corrected chi connectivity index (χ2v) is 6.58. The SMILES string of the molecule is COCCN(C)CCNS(=O)(=O)c1cc(N)c(C)c(F)c1. The van der Waals surface area contributed by atoms with E-state index in [9.17, 15) is 12.8 Å². The summed E-state index contributed by atoms with van der Waals surface area (Å²) in [5.74, 6) is -0.632. The summed E-state index contributed by atoms with van der Waals surface area (Å²) >= 11 is 0. The van der Waals surface area contributed by atoms with Crippen molar-refractivity contribution in [1.82, 2.24) is 9.62 Å². The van der Waals surface area contributed by atoms with E-state index in [1.54, 1.807) is 7.11 Å². The van der Waals surface area contributed by atoms with Crippen LogP contribution in [-0.2, 0) is 14.8 Å². The second-order valence-electron chi connectivity index (χ2n) is 4.81. The first-order valence-electron chi connectivity index (χ1n) is 6.50. The Morgan fingerprint density at radius 2 is 2.05 bits per heavy atom. The van der Waals surface area contributed by atoms with Crippen LogP contribution in [0.25, 0.3) is 0 Å². The average Bonchev–Trinajstić information content (AvgIpc) is 2.41. The molecule has 0 bridgehead atoms. The van der Waals surface area contributed by atoms with Crippen LogP contribution in [0.15, 0.2) is 17.0 Å². The summed E-state index contributed by atoms with van der Waals surface area (Å²) in [4.78, 5) is 1.76. The molecule has 0 saturated heterocycles. The van der Waals surface area contributed by atoms with Crippen molar-refractivity contribution >= 4 is 15.7 Å². The summed E-state index contributed by atoms with van der Waals surface area (Å²) in [6.45, 7) is 3.51. The zero-order chi connectivity index (χ0) is 16.0. The molecule has 120 valence electrons. The van der Waals surface area contributed by atoms with Crippen molar-refractivity contribution in [3.05, 3.63) is 23.5 Å². The van der Waals surface area contributed by atoms with Gasteiger partial charge in [0.1, 0.15) is 5.82 Å². The van der Waals surface area contributed by atoms with E-state index in [0.29, 0.717) is 19.7 Å². The second kappa shape index (κ2) is 7.69. The number of halogens is 1. The number of benzene rings is 1. The lowest BCUT2D eigenvalue weighted by Gasteiger charge is -2.16. The predicted octanol–water partition coefficient (Wildman–Crippen LogP) is 0.573. The van der Waals surface area contributed by atoms with Crippen molar-refractivity contribution in [3.63, 3.8) is 0 Å². The fourth-order valence-corrected chi connectivity index (χ4v) is 2.71. The van der Waals surface area contributed by atoms with Crippen molar-refractivity contribution in [3.8, 4) is 0 Å². The highest BCUT2D eigenvalue weighted by Crippen LogP contribution is 2.20. The third kappa shape index (κ3) is 5.24. The number of rotatable bonds is 8. The van der Waals surface area contributed by atoms with Crippen LogP contribution in [0.5, 0.6) is 0 Å². The molecule has 0 atom stereocenters. The molecule has 0 aliphatic carbocycles. The maximum absolute atomic E-state index is 13.6. The van der Waals surface area contributed by atoms with Gasteiger partial charge < -0.3 is 15.4 Å². The van der Waals surface area contributed by atoms with Gasteiger partial charge in [-0.2, -0.15) is 0 Å². The maximum atomic E-state index is 13.6. The van der Waals surface area contributed by atoms with Crippen LogP contribution in [-0.4, -0.2) is 53.7 Å². The van der Waals surface area contributed by atoms with E-state index in [-0.39, 0.29) is 22.7 Å². The van der Waals surface area contributed by atoms with Crippen molar-refractivity contribution in [2.24, 2.45) is 0 Å². The molecule has 6 nitrogen and oxygen atoms in total. The summed E-state index contributed by atoms with van der Waals surface area (Å²) in [5.41, 5.74) is 5.96. The van der Waals surface area contributed by atoms with Crippen LogP contribution in [0.3, 0.4) is 0 Å². The molecule has 0 saturated carbocycles. The van der Waals surface area contributed by atoms with E-state index in [4.69, 9.17) is 10.5 Å². The molecule has 21 heavy (non-hydrogen) atoms. The average molecular weight is 319 g/mol. The summed E-state index contributed by atoms with van der Waals surface area (Å²) in [6.07, 6.45) is 0. The van der Waals surface area contributed by atoms with E-state index in [1.807, 2.05) is 11.9 Å². The first-order valence-corrected chi connectivity index (χ1v) is 7.99. The molecule has 0 aliphatic heterocycles. The Labute approximate surface area is 125 Å². The molecule has 0 unspecified atom stereocenters. The van der Waals surface area contributed by atoms with E-state index in [0.717, 1.165) is 6.07 Å². The molecule has 0 aromatic heterocycles. The number of nitrogens with one attached hydrogen (secondary N) is 1. The Kier molecular flexibility index (Phi) is 6.53. The molecule has 1 aromatic carbocycles.